The third kappa shape index (κ3) is 0.914. The van der Waals surface area contributed by atoms with Crippen molar-refractivity contribution in [2.75, 3.05) is 0 Å². The molecule has 3 rings (SSSR count). The van der Waals surface area contributed by atoms with Crippen molar-refractivity contribution in [3.63, 3.8) is 0 Å². The molecule has 0 spiro atoms. The number of aromatic amines is 1. The highest BCUT2D eigenvalue weighted by Crippen LogP contribution is 2.47. The molecule has 68 valence electrons. The van der Waals surface area contributed by atoms with Crippen LogP contribution in [0.25, 0.3) is 10.9 Å². The Balaban J connectivity index is 2.21. The normalized spacial score (nSPS) is 17.9. The van der Waals surface area contributed by atoms with E-state index in [-0.39, 0.29) is 5.41 Å². The summed E-state index contributed by atoms with van der Waals surface area (Å²) in [6.07, 6.45) is 7.80. The third-order valence-electron chi connectivity index (χ3n) is 3.07. The standard InChI is InChI=1S/C13H11N/c1-2-13(7-8-13)12-9-10-5-3-4-6-11(10)14-12/h1,3-6,9,14H,7-8H2. The van der Waals surface area contributed by atoms with Gasteiger partial charge in [-0.3, -0.25) is 0 Å². The van der Waals surface area contributed by atoms with E-state index >= 15 is 0 Å². The Hall–Kier alpha value is -1.68. The van der Waals surface area contributed by atoms with Gasteiger partial charge in [0.05, 0.1) is 5.41 Å². The molecule has 0 radical (unpaired) electrons. The maximum atomic E-state index is 5.55. The molecule has 1 aliphatic carbocycles. The van der Waals surface area contributed by atoms with Crippen molar-refractivity contribution in [3.8, 4) is 12.3 Å². The lowest BCUT2D eigenvalue weighted by Crippen LogP contribution is -2.01. The molecule has 1 aromatic heterocycles. The Morgan fingerprint density at radius 1 is 1.29 bits per heavy atom. The van der Waals surface area contributed by atoms with Gasteiger partial charge in [-0.25, -0.2) is 0 Å². The van der Waals surface area contributed by atoms with Crippen LogP contribution in [0.4, 0.5) is 0 Å². The van der Waals surface area contributed by atoms with Crippen LogP contribution in [0.3, 0.4) is 0 Å². The Kier molecular flexibility index (Phi) is 1.33. The number of nitrogens with one attached hydrogen (secondary N) is 1. The van der Waals surface area contributed by atoms with Crippen LogP contribution >= 0.6 is 0 Å². The van der Waals surface area contributed by atoms with Crippen molar-refractivity contribution in [3.05, 3.63) is 36.0 Å². The summed E-state index contributed by atoms with van der Waals surface area (Å²) in [6.45, 7) is 0. The summed E-state index contributed by atoms with van der Waals surface area (Å²) >= 11 is 0. The minimum absolute atomic E-state index is 0.0268. The van der Waals surface area contributed by atoms with Crippen LogP contribution in [0.5, 0.6) is 0 Å². The van der Waals surface area contributed by atoms with Crippen molar-refractivity contribution < 1.29 is 0 Å². The number of H-pyrrole nitrogens is 1. The van der Waals surface area contributed by atoms with Gasteiger partial charge in [0.15, 0.2) is 0 Å². The fraction of sp³-hybridized carbons (Fsp3) is 0.231. The molecule has 1 N–H and O–H groups in total. The first-order valence-corrected chi connectivity index (χ1v) is 4.90. The Labute approximate surface area is 83.1 Å². The van der Waals surface area contributed by atoms with E-state index in [2.05, 4.69) is 35.2 Å². The number of rotatable bonds is 1. The van der Waals surface area contributed by atoms with Gasteiger partial charge >= 0.3 is 0 Å². The highest BCUT2D eigenvalue weighted by molar-refractivity contribution is 5.81. The van der Waals surface area contributed by atoms with Crippen molar-refractivity contribution in [2.45, 2.75) is 18.3 Å². The van der Waals surface area contributed by atoms with Gasteiger partial charge in [0.25, 0.3) is 0 Å². The maximum absolute atomic E-state index is 5.55. The van der Waals surface area contributed by atoms with E-state index in [9.17, 15) is 0 Å². The van der Waals surface area contributed by atoms with Crippen LogP contribution in [0.1, 0.15) is 18.5 Å². The molecule has 0 unspecified atom stereocenters. The molecule has 1 heteroatoms. The van der Waals surface area contributed by atoms with Gasteiger partial charge in [-0.2, -0.15) is 0 Å². The fourth-order valence-electron chi connectivity index (χ4n) is 1.95. The van der Waals surface area contributed by atoms with E-state index in [4.69, 9.17) is 6.42 Å². The monoisotopic (exact) mass is 181 g/mol. The molecule has 14 heavy (non-hydrogen) atoms. The third-order valence-corrected chi connectivity index (χ3v) is 3.07. The van der Waals surface area contributed by atoms with E-state index in [1.807, 2.05) is 6.07 Å². The van der Waals surface area contributed by atoms with Gasteiger partial charge in [-0.1, -0.05) is 24.1 Å². The zero-order valence-electron chi connectivity index (χ0n) is 7.88. The van der Waals surface area contributed by atoms with Crippen LogP contribution < -0.4 is 0 Å². The summed E-state index contributed by atoms with van der Waals surface area (Å²) in [6, 6.07) is 10.5. The van der Waals surface area contributed by atoms with E-state index in [0.29, 0.717) is 0 Å². The summed E-state index contributed by atoms with van der Waals surface area (Å²) in [7, 11) is 0. The average Bonchev–Trinajstić information content (AvgIpc) is 2.91. The molecule has 0 bridgehead atoms. The first-order valence-electron chi connectivity index (χ1n) is 4.90. The number of para-hydroxylation sites is 1. The molecule has 1 nitrogen and oxygen atoms in total. The number of aromatic nitrogens is 1. The average molecular weight is 181 g/mol. The number of terminal acetylenes is 1. The smallest absolute Gasteiger partial charge is 0.0711 e. The number of hydrogen-bond acceptors (Lipinski definition) is 0. The van der Waals surface area contributed by atoms with Crippen molar-refractivity contribution in [1.82, 2.24) is 4.98 Å². The molecular weight excluding hydrogens is 170 g/mol. The molecule has 0 atom stereocenters. The van der Waals surface area contributed by atoms with Gasteiger partial charge in [0.1, 0.15) is 0 Å². The summed E-state index contributed by atoms with van der Waals surface area (Å²) in [5, 5.41) is 1.25. The van der Waals surface area contributed by atoms with E-state index in [1.54, 1.807) is 0 Å². The molecule has 2 aromatic rings. The van der Waals surface area contributed by atoms with E-state index < -0.39 is 0 Å². The summed E-state index contributed by atoms with van der Waals surface area (Å²) in [5.41, 5.74) is 2.42. The number of hydrogen-bond donors (Lipinski definition) is 1. The predicted molar refractivity (Wildman–Crippen MR) is 58.0 cm³/mol. The van der Waals surface area contributed by atoms with Crippen LogP contribution in [0, 0.1) is 12.3 Å². The van der Waals surface area contributed by atoms with E-state index in [1.165, 1.54) is 16.6 Å². The molecule has 1 aromatic carbocycles. The molecule has 1 fully saturated rings. The SMILES string of the molecule is C#CC1(c2cc3ccccc3[nH]2)CC1. The number of benzene rings is 1. The predicted octanol–water partition coefficient (Wildman–Crippen LogP) is 2.83. The van der Waals surface area contributed by atoms with Crippen molar-refractivity contribution >= 4 is 10.9 Å². The summed E-state index contributed by atoms with van der Waals surface area (Å²) in [5.74, 6) is 2.90. The first-order chi connectivity index (χ1) is 6.84. The van der Waals surface area contributed by atoms with E-state index in [0.717, 1.165) is 12.8 Å². The largest absolute Gasteiger partial charge is 0.357 e. The minimum Gasteiger partial charge on any atom is -0.357 e. The molecular formula is C13H11N. The second-order valence-corrected chi connectivity index (χ2v) is 4.00. The second-order valence-electron chi connectivity index (χ2n) is 4.00. The van der Waals surface area contributed by atoms with Crippen LogP contribution in [0.15, 0.2) is 30.3 Å². The van der Waals surface area contributed by atoms with Crippen LogP contribution in [0.2, 0.25) is 0 Å². The lowest BCUT2D eigenvalue weighted by molar-refractivity contribution is 0.890. The van der Waals surface area contributed by atoms with Gasteiger partial charge < -0.3 is 4.98 Å². The highest BCUT2D eigenvalue weighted by Gasteiger charge is 2.43. The maximum Gasteiger partial charge on any atom is 0.0711 e. The van der Waals surface area contributed by atoms with Crippen molar-refractivity contribution in [2.24, 2.45) is 0 Å². The second kappa shape index (κ2) is 2.42. The zero-order valence-corrected chi connectivity index (χ0v) is 7.88. The quantitative estimate of drug-likeness (QED) is 0.651. The van der Waals surface area contributed by atoms with Crippen LogP contribution in [-0.4, -0.2) is 4.98 Å². The molecule has 0 aliphatic heterocycles. The summed E-state index contributed by atoms with van der Waals surface area (Å²) in [4.78, 5) is 3.41. The first kappa shape index (κ1) is 7.70. The highest BCUT2D eigenvalue weighted by atomic mass is 14.8. The van der Waals surface area contributed by atoms with Crippen LogP contribution in [-0.2, 0) is 5.41 Å². The zero-order chi connectivity index (χ0) is 9.60. The Morgan fingerprint density at radius 3 is 2.71 bits per heavy atom. The molecule has 1 heterocycles. The lowest BCUT2D eigenvalue weighted by Gasteiger charge is -2.02. The van der Waals surface area contributed by atoms with Gasteiger partial charge in [0, 0.05) is 11.2 Å². The molecule has 1 saturated carbocycles. The van der Waals surface area contributed by atoms with Crippen molar-refractivity contribution in [1.29, 1.82) is 0 Å². The Morgan fingerprint density at radius 2 is 2.07 bits per heavy atom. The van der Waals surface area contributed by atoms with Gasteiger partial charge in [-0.15, -0.1) is 6.42 Å². The molecule has 0 saturated heterocycles. The molecule has 1 aliphatic rings. The fourth-order valence-corrected chi connectivity index (χ4v) is 1.95. The topological polar surface area (TPSA) is 15.8 Å². The minimum atomic E-state index is 0.0268. The molecule has 0 amide bonds. The van der Waals surface area contributed by atoms with Gasteiger partial charge in [-0.05, 0) is 30.4 Å². The number of fused-ring (bicyclic) bond motifs is 1. The lowest BCUT2D eigenvalue weighted by atomic mass is 10.0. The Bertz CT molecular complexity index is 490. The van der Waals surface area contributed by atoms with Gasteiger partial charge in [0.2, 0.25) is 0 Å². The summed E-state index contributed by atoms with van der Waals surface area (Å²) < 4.78 is 0.